The summed E-state index contributed by atoms with van der Waals surface area (Å²) in [6.45, 7) is 6.13. The molecule has 3 aromatic carbocycles. The maximum Gasteiger partial charge on any atom is 0.338 e. The predicted octanol–water partition coefficient (Wildman–Crippen LogP) is 6.78. The third-order valence-corrected chi connectivity index (χ3v) is 7.46. The number of thiocarbonyl (C=S) groups is 1. The molecule has 5 rings (SSSR count). The minimum absolute atomic E-state index is 0.0420. The quantitative estimate of drug-likeness (QED) is 0.148. The zero-order chi connectivity index (χ0) is 29.3. The maximum absolute atomic E-state index is 13.9. The number of carbonyl (C=O) groups excluding carboxylic acids is 2. The summed E-state index contributed by atoms with van der Waals surface area (Å²) in [6.07, 6.45) is 0.954. The number of hydrogen-bond acceptors (Lipinski definition) is 7. The highest BCUT2D eigenvalue weighted by atomic mass is 32.1. The van der Waals surface area contributed by atoms with Gasteiger partial charge in [-0.05, 0) is 72.9 Å². The van der Waals surface area contributed by atoms with Crippen molar-refractivity contribution in [1.82, 2.24) is 0 Å². The van der Waals surface area contributed by atoms with Crippen LogP contribution in [0.2, 0.25) is 0 Å². The van der Waals surface area contributed by atoms with Crippen LogP contribution in [0.5, 0.6) is 0 Å². The van der Waals surface area contributed by atoms with E-state index < -0.39 is 16.9 Å². The molecule has 1 atom stereocenters. The Morgan fingerprint density at radius 2 is 1.85 bits per heavy atom. The first-order valence-electron chi connectivity index (χ1n) is 13.3. The number of Topliss-reactive ketones (excluding diaryl/α,β-unsaturated/α-hetero) is 1. The summed E-state index contributed by atoms with van der Waals surface area (Å²) in [5.41, 5.74) is 4.05. The lowest BCUT2D eigenvalue weighted by molar-refractivity contribution is -0.384. The number of benzene rings is 3. The number of nitro groups is 1. The first-order valence-corrected chi connectivity index (χ1v) is 13.7. The molecule has 0 amide bonds. The van der Waals surface area contributed by atoms with Gasteiger partial charge in [-0.15, -0.1) is 0 Å². The summed E-state index contributed by atoms with van der Waals surface area (Å²) >= 11 is 5.98. The molecule has 1 aliphatic carbocycles. The van der Waals surface area contributed by atoms with E-state index in [1.165, 1.54) is 12.1 Å². The van der Waals surface area contributed by atoms with Crippen molar-refractivity contribution in [2.24, 2.45) is 5.41 Å². The monoisotopic (exact) mass is 570 g/mol. The van der Waals surface area contributed by atoms with Gasteiger partial charge in [0.25, 0.3) is 5.69 Å². The molecule has 210 valence electrons. The van der Waals surface area contributed by atoms with Crippen LogP contribution in [-0.2, 0) is 9.53 Å². The molecule has 0 unspecified atom stereocenters. The van der Waals surface area contributed by atoms with E-state index in [4.69, 9.17) is 17.0 Å². The number of carbonyl (C=O) groups is 2. The highest BCUT2D eigenvalue weighted by Crippen LogP contribution is 2.48. The molecule has 0 saturated carbocycles. The molecule has 0 fully saturated rings. The van der Waals surface area contributed by atoms with Crippen molar-refractivity contribution in [2.75, 3.05) is 22.1 Å². The van der Waals surface area contributed by atoms with E-state index in [2.05, 4.69) is 24.5 Å². The van der Waals surface area contributed by atoms with Crippen molar-refractivity contribution in [1.29, 1.82) is 0 Å². The van der Waals surface area contributed by atoms with Gasteiger partial charge in [0.15, 0.2) is 10.9 Å². The zero-order valence-electron chi connectivity index (χ0n) is 23.0. The number of nitrogens with one attached hydrogen (secondary N) is 2. The Kier molecular flexibility index (Phi) is 7.59. The first-order chi connectivity index (χ1) is 19.6. The lowest BCUT2D eigenvalue weighted by Gasteiger charge is -2.38. The van der Waals surface area contributed by atoms with Gasteiger partial charge >= 0.3 is 5.97 Å². The average Bonchev–Trinajstić information content (AvgIpc) is 3.07. The maximum atomic E-state index is 13.9. The molecule has 41 heavy (non-hydrogen) atoms. The van der Waals surface area contributed by atoms with E-state index >= 15 is 0 Å². The van der Waals surface area contributed by atoms with Crippen LogP contribution >= 0.6 is 12.2 Å². The molecule has 9 nitrogen and oxygen atoms in total. The van der Waals surface area contributed by atoms with Crippen LogP contribution in [0.3, 0.4) is 0 Å². The summed E-state index contributed by atoms with van der Waals surface area (Å²) in [5, 5.41) is 18.8. The van der Waals surface area contributed by atoms with Crippen LogP contribution in [-0.4, -0.2) is 28.4 Å². The minimum Gasteiger partial charge on any atom is -0.462 e. The molecule has 3 aromatic rings. The molecule has 2 N–H and O–H groups in total. The van der Waals surface area contributed by atoms with Crippen LogP contribution in [0, 0.1) is 15.5 Å². The molecule has 0 spiro atoms. The Bertz CT molecular complexity index is 1580. The fourth-order valence-electron chi connectivity index (χ4n) is 5.42. The minimum atomic E-state index is -0.733. The fraction of sp³-hybridized carbons (Fsp3) is 0.258. The van der Waals surface area contributed by atoms with E-state index in [-0.39, 0.29) is 28.6 Å². The van der Waals surface area contributed by atoms with Gasteiger partial charge in [0.1, 0.15) is 0 Å². The van der Waals surface area contributed by atoms with Crippen molar-refractivity contribution in [3.63, 3.8) is 0 Å². The summed E-state index contributed by atoms with van der Waals surface area (Å²) in [4.78, 5) is 39.1. The number of ketones is 1. The molecular weight excluding hydrogens is 540 g/mol. The number of nitrogens with zero attached hydrogens (tertiary/aromatic N) is 2. The molecule has 0 radical (unpaired) electrons. The van der Waals surface area contributed by atoms with Crippen molar-refractivity contribution in [3.8, 4) is 0 Å². The van der Waals surface area contributed by atoms with Gasteiger partial charge in [0.2, 0.25) is 0 Å². The molecular formula is C31H30N4O5S. The van der Waals surface area contributed by atoms with Gasteiger partial charge in [-0.3, -0.25) is 14.9 Å². The summed E-state index contributed by atoms with van der Waals surface area (Å²) < 4.78 is 5.08. The van der Waals surface area contributed by atoms with E-state index in [1.54, 1.807) is 43.3 Å². The summed E-state index contributed by atoms with van der Waals surface area (Å²) in [7, 11) is 0. The number of non-ortho nitro benzene ring substituents is 1. The van der Waals surface area contributed by atoms with Gasteiger partial charge in [0.05, 0.1) is 34.5 Å². The lowest BCUT2D eigenvalue weighted by Crippen LogP contribution is -2.41. The SMILES string of the molecule is CCOC(=O)c1ccc(NC(=S)N2c3ccccc3NC3=C(C(=O)CC(C)(C)C3)[C@@H]2c2cccc([N+](=O)[O-])c2)cc1. The molecule has 1 heterocycles. The topological polar surface area (TPSA) is 114 Å². The number of anilines is 3. The third kappa shape index (κ3) is 5.69. The Morgan fingerprint density at radius 1 is 1.12 bits per heavy atom. The van der Waals surface area contributed by atoms with E-state index in [9.17, 15) is 19.7 Å². The second-order valence-electron chi connectivity index (χ2n) is 10.8. The number of allylic oxidation sites excluding steroid dienone is 1. The van der Waals surface area contributed by atoms with Gasteiger partial charge in [-0.2, -0.15) is 0 Å². The van der Waals surface area contributed by atoms with E-state index in [0.29, 0.717) is 40.9 Å². The third-order valence-electron chi connectivity index (χ3n) is 7.16. The summed E-state index contributed by atoms with van der Waals surface area (Å²) in [6, 6.07) is 19.9. The second kappa shape index (κ2) is 11.1. The predicted molar refractivity (Wildman–Crippen MR) is 162 cm³/mol. The molecule has 10 heteroatoms. The number of para-hydroxylation sites is 2. The van der Waals surface area contributed by atoms with E-state index in [0.717, 1.165) is 11.4 Å². The Morgan fingerprint density at radius 3 is 2.56 bits per heavy atom. The molecule has 0 saturated heterocycles. The first kappa shape index (κ1) is 28.0. The van der Waals surface area contributed by atoms with Gasteiger partial charge in [-0.25, -0.2) is 4.79 Å². The number of hydrogen-bond donors (Lipinski definition) is 2. The Labute approximate surface area is 243 Å². The second-order valence-corrected chi connectivity index (χ2v) is 11.2. The number of nitro benzene ring substituents is 1. The van der Waals surface area contributed by atoms with Crippen molar-refractivity contribution >= 4 is 51.8 Å². The van der Waals surface area contributed by atoms with Crippen molar-refractivity contribution in [2.45, 2.75) is 39.7 Å². The standard InChI is InChI=1S/C31H30N4O5S/c1-4-40-29(37)19-12-14-21(15-13-19)32-30(41)34-25-11-6-5-10-23(25)33-24-17-31(2,3)18-26(36)27(24)28(34)20-8-7-9-22(16-20)35(38)39/h5-16,28,33H,4,17-18H2,1-3H3,(H,32,41)/t28-/m0/s1. The van der Waals surface area contributed by atoms with Crippen LogP contribution in [0.15, 0.2) is 84.1 Å². The zero-order valence-corrected chi connectivity index (χ0v) is 23.8. The van der Waals surface area contributed by atoms with Crippen LogP contribution in [0.1, 0.15) is 55.6 Å². The van der Waals surface area contributed by atoms with Crippen LogP contribution < -0.4 is 15.5 Å². The highest BCUT2D eigenvalue weighted by molar-refractivity contribution is 7.80. The molecule has 0 aromatic heterocycles. The van der Waals surface area contributed by atoms with Crippen molar-refractivity contribution < 1.29 is 19.2 Å². The number of fused-ring (bicyclic) bond motifs is 1. The van der Waals surface area contributed by atoms with Gasteiger partial charge in [0, 0.05) is 35.5 Å². The molecule has 2 aliphatic rings. The highest BCUT2D eigenvalue weighted by Gasteiger charge is 2.42. The van der Waals surface area contributed by atoms with Gasteiger partial charge in [-0.1, -0.05) is 38.1 Å². The fourth-order valence-corrected chi connectivity index (χ4v) is 5.74. The van der Waals surface area contributed by atoms with E-state index in [1.807, 2.05) is 29.2 Å². The average molecular weight is 571 g/mol. The Balaban J connectivity index is 1.64. The normalized spacial score (nSPS) is 17.5. The Hall–Kier alpha value is -4.57. The van der Waals surface area contributed by atoms with Crippen molar-refractivity contribution in [3.05, 3.63) is 105 Å². The lowest BCUT2D eigenvalue weighted by atomic mass is 9.73. The summed E-state index contributed by atoms with van der Waals surface area (Å²) in [5.74, 6) is -0.460. The molecule has 0 bridgehead atoms. The number of rotatable bonds is 5. The number of ether oxygens (including phenoxy) is 1. The van der Waals surface area contributed by atoms with Gasteiger partial charge < -0.3 is 20.3 Å². The molecule has 1 aliphatic heterocycles. The number of esters is 1. The smallest absolute Gasteiger partial charge is 0.338 e. The van der Waals surface area contributed by atoms with Crippen LogP contribution in [0.4, 0.5) is 22.7 Å². The largest absolute Gasteiger partial charge is 0.462 e. The van der Waals surface area contributed by atoms with Crippen LogP contribution in [0.25, 0.3) is 0 Å².